The van der Waals surface area contributed by atoms with Crippen LogP contribution in [0.25, 0.3) is 0 Å². The van der Waals surface area contributed by atoms with Crippen LogP contribution in [0.4, 0.5) is 0 Å². The Labute approximate surface area is 90.7 Å². The van der Waals surface area contributed by atoms with Crippen LogP contribution in [-0.2, 0) is 7.05 Å². The molecule has 0 unspecified atom stereocenters. The second-order valence-electron chi connectivity index (χ2n) is 4.28. The van der Waals surface area contributed by atoms with Crippen molar-refractivity contribution >= 4 is 5.78 Å². The van der Waals surface area contributed by atoms with E-state index in [1.54, 1.807) is 0 Å². The van der Waals surface area contributed by atoms with E-state index < -0.39 is 0 Å². The Hall–Kier alpha value is -1.09. The molecule has 0 amide bonds. The number of nitrogens with zero attached hydrogens (tertiary/aromatic N) is 2. The summed E-state index contributed by atoms with van der Waals surface area (Å²) in [5.41, 5.74) is 0.830. The van der Waals surface area contributed by atoms with Gasteiger partial charge in [0, 0.05) is 31.0 Å². The largest absolute Gasteiger partial charge is 0.357 e. The van der Waals surface area contributed by atoms with Crippen molar-refractivity contribution in [2.24, 2.45) is 7.05 Å². The maximum absolute atomic E-state index is 11.9. The van der Waals surface area contributed by atoms with Crippen molar-refractivity contribution < 1.29 is 4.79 Å². The monoisotopic (exact) mass is 206 g/mol. The summed E-state index contributed by atoms with van der Waals surface area (Å²) in [6, 6.07) is 2.56. The zero-order valence-electron chi connectivity index (χ0n) is 9.44. The molecule has 0 aromatic carbocycles. The van der Waals surface area contributed by atoms with E-state index in [0.717, 1.165) is 12.1 Å². The fourth-order valence-electron chi connectivity index (χ4n) is 1.88. The van der Waals surface area contributed by atoms with Crippen molar-refractivity contribution in [1.29, 1.82) is 0 Å². The number of aromatic nitrogens is 1. The molecule has 1 aliphatic rings. The van der Waals surface area contributed by atoms with E-state index in [4.69, 9.17) is 0 Å². The highest BCUT2D eigenvalue weighted by Gasteiger charge is 2.29. The summed E-state index contributed by atoms with van der Waals surface area (Å²) in [6.07, 6.45) is 6.33. The maximum Gasteiger partial charge on any atom is 0.178 e. The van der Waals surface area contributed by atoms with Gasteiger partial charge in [-0.05, 0) is 25.5 Å². The Morgan fingerprint density at radius 3 is 2.80 bits per heavy atom. The van der Waals surface area contributed by atoms with Gasteiger partial charge in [0.1, 0.15) is 0 Å². The fraction of sp³-hybridized carbons (Fsp3) is 0.583. The molecular weight excluding hydrogens is 188 g/mol. The molecule has 15 heavy (non-hydrogen) atoms. The molecule has 3 nitrogen and oxygen atoms in total. The zero-order chi connectivity index (χ0) is 10.8. The van der Waals surface area contributed by atoms with Crippen LogP contribution in [0.5, 0.6) is 0 Å². The molecule has 0 aliphatic heterocycles. The van der Waals surface area contributed by atoms with Crippen LogP contribution < -0.4 is 0 Å². The summed E-state index contributed by atoms with van der Waals surface area (Å²) in [6.45, 7) is 3.67. The number of hydrogen-bond donors (Lipinski definition) is 0. The Morgan fingerprint density at radius 1 is 1.60 bits per heavy atom. The molecule has 0 bridgehead atoms. The molecule has 1 saturated carbocycles. The summed E-state index contributed by atoms with van der Waals surface area (Å²) in [5, 5.41) is 0. The van der Waals surface area contributed by atoms with Gasteiger partial charge in [-0.25, -0.2) is 0 Å². The minimum atomic E-state index is 0.240. The third-order valence-corrected chi connectivity index (χ3v) is 2.97. The average Bonchev–Trinajstić information content (AvgIpc) is 2.97. The second-order valence-corrected chi connectivity index (χ2v) is 4.28. The Morgan fingerprint density at radius 2 is 2.33 bits per heavy atom. The lowest BCUT2D eigenvalue weighted by molar-refractivity contribution is 0.0928. The van der Waals surface area contributed by atoms with Gasteiger partial charge in [-0.3, -0.25) is 9.69 Å². The van der Waals surface area contributed by atoms with Crippen LogP contribution in [0.1, 0.15) is 30.1 Å². The Kier molecular flexibility index (Phi) is 2.91. The van der Waals surface area contributed by atoms with Crippen molar-refractivity contribution in [1.82, 2.24) is 9.47 Å². The third-order valence-electron chi connectivity index (χ3n) is 2.97. The molecule has 0 saturated heterocycles. The van der Waals surface area contributed by atoms with Gasteiger partial charge in [-0.1, -0.05) is 6.92 Å². The van der Waals surface area contributed by atoms with Gasteiger partial charge in [-0.15, -0.1) is 0 Å². The van der Waals surface area contributed by atoms with Crippen LogP contribution in [0.15, 0.2) is 18.5 Å². The summed E-state index contributed by atoms with van der Waals surface area (Å²) in [5.74, 6) is 0.240. The number of carbonyl (C=O) groups is 1. The minimum absolute atomic E-state index is 0.240. The lowest BCUT2D eigenvalue weighted by Gasteiger charge is -2.18. The van der Waals surface area contributed by atoms with Crippen molar-refractivity contribution in [3.05, 3.63) is 24.0 Å². The molecule has 1 aromatic rings. The van der Waals surface area contributed by atoms with Gasteiger partial charge in [0.25, 0.3) is 0 Å². The van der Waals surface area contributed by atoms with E-state index in [-0.39, 0.29) is 5.78 Å². The number of hydrogen-bond acceptors (Lipinski definition) is 2. The van der Waals surface area contributed by atoms with E-state index in [1.807, 2.05) is 30.1 Å². The molecule has 3 heteroatoms. The van der Waals surface area contributed by atoms with Crippen molar-refractivity contribution in [2.75, 3.05) is 13.1 Å². The number of carbonyl (C=O) groups excluding carboxylic acids is 1. The normalized spacial score (nSPS) is 15.9. The first-order valence-electron chi connectivity index (χ1n) is 5.60. The molecular formula is C12H18N2O. The lowest BCUT2D eigenvalue weighted by Crippen LogP contribution is -2.31. The molecule has 1 heterocycles. The first-order valence-corrected chi connectivity index (χ1v) is 5.60. The number of rotatable bonds is 5. The van der Waals surface area contributed by atoms with Crippen molar-refractivity contribution in [3.63, 3.8) is 0 Å². The molecule has 0 atom stereocenters. The molecule has 1 aliphatic carbocycles. The Balaban J connectivity index is 1.96. The smallest absolute Gasteiger partial charge is 0.178 e. The maximum atomic E-state index is 11.9. The van der Waals surface area contributed by atoms with Crippen LogP contribution in [0.2, 0.25) is 0 Å². The first-order chi connectivity index (χ1) is 7.20. The number of ketones is 1. The molecule has 0 N–H and O–H groups in total. The lowest BCUT2D eigenvalue weighted by atomic mass is 10.2. The summed E-state index contributed by atoms with van der Waals surface area (Å²) in [4.78, 5) is 14.2. The SMILES string of the molecule is CCN(CC(=O)c1ccn(C)c1)C1CC1. The zero-order valence-corrected chi connectivity index (χ0v) is 9.44. The predicted octanol–water partition coefficient (Wildman–Crippen LogP) is 1.69. The molecule has 0 radical (unpaired) electrons. The highest BCUT2D eigenvalue weighted by molar-refractivity contribution is 5.97. The number of aryl methyl sites for hydroxylation is 1. The van der Waals surface area contributed by atoms with E-state index in [1.165, 1.54) is 12.8 Å². The van der Waals surface area contributed by atoms with Gasteiger partial charge >= 0.3 is 0 Å². The predicted molar refractivity (Wildman–Crippen MR) is 60.0 cm³/mol. The quantitative estimate of drug-likeness (QED) is 0.685. The standard InChI is InChI=1S/C12H18N2O/c1-3-14(11-4-5-11)9-12(15)10-6-7-13(2)8-10/h6-8,11H,3-5,9H2,1-2H3. The van der Waals surface area contributed by atoms with Crippen LogP contribution >= 0.6 is 0 Å². The second kappa shape index (κ2) is 4.19. The van der Waals surface area contributed by atoms with E-state index in [2.05, 4.69) is 11.8 Å². The van der Waals surface area contributed by atoms with Crippen molar-refractivity contribution in [3.8, 4) is 0 Å². The minimum Gasteiger partial charge on any atom is -0.357 e. The van der Waals surface area contributed by atoms with Crippen LogP contribution in [0, 0.1) is 0 Å². The third kappa shape index (κ3) is 2.48. The van der Waals surface area contributed by atoms with E-state index in [0.29, 0.717) is 12.6 Å². The summed E-state index contributed by atoms with van der Waals surface area (Å²) in [7, 11) is 1.94. The van der Waals surface area contributed by atoms with E-state index in [9.17, 15) is 4.79 Å². The molecule has 0 spiro atoms. The highest BCUT2D eigenvalue weighted by Crippen LogP contribution is 2.26. The van der Waals surface area contributed by atoms with E-state index >= 15 is 0 Å². The molecule has 82 valence electrons. The topological polar surface area (TPSA) is 25.2 Å². The molecule has 1 aromatic heterocycles. The molecule has 2 rings (SSSR count). The van der Waals surface area contributed by atoms with Gasteiger partial charge in [0.2, 0.25) is 0 Å². The fourth-order valence-corrected chi connectivity index (χ4v) is 1.88. The van der Waals surface area contributed by atoms with Crippen LogP contribution in [-0.4, -0.2) is 34.4 Å². The van der Waals surface area contributed by atoms with Crippen LogP contribution in [0.3, 0.4) is 0 Å². The van der Waals surface area contributed by atoms with Gasteiger partial charge in [0.05, 0.1) is 6.54 Å². The van der Waals surface area contributed by atoms with Gasteiger partial charge < -0.3 is 4.57 Å². The van der Waals surface area contributed by atoms with Gasteiger partial charge in [-0.2, -0.15) is 0 Å². The first kappa shape index (κ1) is 10.4. The summed E-state index contributed by atoms with van der Waals surface area (Å²) >= 11 is 0. The summed E-state index contributed by atoms with van der Waals surface area (Å²) < 4.78 is 1.92. The Bertz CT molecular complexity index is 352. The van der Waals surface area contributed by atoms with Crippen molar-refractivity contribution in [2.45, 2.75) is 25.8 Å². The van der Waals surface area contributed by atoms with Gasteiger partial charge in [0.15, 0.2) is 5.78 Å². The average molecular weight is 206 g/mol. The highest BCUT2D eigenvalue weighted by atomic mass is 16.1. The number of likely N-dealkylation sites (N-methyl/N-ethyl adjacent to an activating group) is 1. The molecule has 1 fully saturated rings. The number of Topliss-reactive ketones (excluding diaryl/α,β-unsaturated/α-hetero) is 1.